The fraction of sp³-hybridized carbons (Fsp3) is 0.583. The van der Waals surface area contributed by atoms with E-state index in [1.165, 1.54) is 0 Å². The van der Waals surface area contributed by atoms with E-state index in [1.807, 2.05) is 12.1 Å². The predicted octanol–water partition coefficient (Wildman–Crippen LogP) is 1.91. The third kappa shape index (κ3) is 3.56. The van der Waals surface area contributed by atoms with Crippen LogP contribution in [0.5, 0.6) is 0 Å². The Balaban J connectivity index is 1.83. The highest BCUT2D eigenvalue weighted by molar-refractivity contribution is 6.30. The van der Waals surface area contributed by atoms with Gasteiger partial charge >= 0.3 is 0 Å². The lowest BCUT2D eigenvalue weighted by atomic mass is 10.1. The van der Waals surface area contributed by atoms with Crippen molar-refractivity contribution in [3.05, 3.63) is 23.4 Å². The lowest BCUT2D eigenvalue weighted by molar-refractivity contribution is -0.0406. The van der Waals surface area contributed by atoms with E-state index in [0.717, 1.165) is 18.9 Å². The first kappa shape index (κ1) is 12.6. The van der Waals surface area contributed by atoms with Crippen LogP contribution < -0.4 is 10.6 Å². The van der Waals surface area contributed by atoms with E-state index in [4.69, 9.17) is 16.3 Å². The van der Waals surface area contributed by atoms with Crippen LogP contribution in [0.2, 0.25) is 5.02 Å². The van der Waals surface area contributed by atoms with Gasteiger partial charge in [-0.15, -0.1) is 0 Å². The molecule has 4 nitrogen and oxygen atoms in total. The largest absolute Gasteiger partial charge is 0.373 e. The lowest BCUT2D eigenvalue weighted by Crippen LogP contribution is -2.53. The molecule has 2 rings (SSSR count). The summed E-state index contributed by atoms with van der Waals surface area (Å²) in [4.78, 5) is 4.19. The van der Waals surface area contributed by atoms with Crippen LogP contribution in [0.15, 0.2) is 18.3 Å². The topological polar surface area (TPSA) is 46.2 Å². The number of halogens is 1. The number of pyridine rings is 1. The second kappa shape index (κ2) is 5.67. The molecule has 0 unspecified atom stereocenters. The molecule has 1 saturated heterocycles. The molecule has 1 fully saturated rings. The van der Waals surface area contributed by atoms with Crippen LogP contribution in [0.4, 0.5) is 5.82 Å². The molecule has 1 aliphatic heterocycles. The van der Waals surface area contributed by atoms with Gasteiger partial charge in [-0.3, -0.25) is 0 Å². The van der Waals surface area contributed by atoms with Gasteiger partial charge in [0.05, 0.1) is 23.3 Å². The van der Waals surface area contributed by atoms with Gasteiger partial charge in [-0.1, -0.05) is 11.6 Å². The van der Waals surface area contributed by atoms with Crippen molar-refractivity contribution in [3.8, 4) is 0 Å². The molecule has 2 heterocycles. The fourth-order valence-electron chi connectivity index (χ4n) is 1.93. The lowest BCUT2D eigenvalue weighted by Gasteiger charge is -2.34. The number of morpholine rings is 1. The van der Waals surface area contributed by atoms with Gasteiger partial charge in [-0.2, -0.15) is 0 Å². The van der Waals surface area contributed by atoms with Crippen molar-refractivity contribution in [3.63, 3.8) is 0 Å². The summed E-state index contributed by atoms with van der Waals surface area (Å²) >= 11 is 5.78. The molecule has 0 radical (unpaired) electrons. The zero-order chi connectivity index (χ0) is 12.3. The van der Waals surface area contributed by atoms with Gasteiger partial charge in [0.1, 0.15) is 5.82 Å². The highest BCUT2D eigenvalue weighted by Crippen LogP contribution is 2.12. The summed E-state index contributed by atoms with van der Waals surface area (Å²) in [5.74, 6) is 0.835. The molecular formula is C12H18ClN3O. The van der Waals surface area contributed by atoms with Crippen molar-refractivity contribution in [2.75, 3.05) is 18.4 Å². The zero-order valence-corrected chi connectivity index (χ0v) is 10.9. The van der Waals surface area contributed by atoms with Crippen molar-refractivity contribution < 1.29 is 4.74 Å². The number of hydrogen-bond donors (Lipinski definition) is 2. The minimum Gasteiger partial charge on any atom is -0.373 e. The number of ether oxygens (including phenoxy) is 1. The Morgan fingerprint density at radius 3 is 3.00 bits per heavy atom. The number of anilines is 1. The number of nitrogens with zero attached hydrogens (tertiary/aromatic N) is 1. The Kier molecular flexibility index (Phi) is 4.20. The van der Waals surface area contributed by atoms with Crippen LogP contribution in [-0.4, -0.2) is 36.3 Å². The second-order valence-corrected chi connectivity index (χ2v) is 4.85. The average Bonchev–Trinajstić information content (AvgIpc) is 2.30. The fourth-order valence-corrected chi connectivity index (χ4v) is 2.04. The van der Waals surface area contributed by atoms with Crippen LogP contribution in [-0.2, 0) is 4.74 Å². The quantitative estimate of drug-likeness (QED) is 0.866. The first-order valence-electron chi connectivity index (χ1n) is 5.89. The molecule has 1 aliphatic rings. The molecule has 0 aromatic carbocycles. The molecule has 5 heteroatoms. The summed E-state index contributed by atoms with van der Waals surface area (Å²) in [6, 6.07) is 4.01. The highest BCUT2D eigenvalue weighted by Gasteiger charge is 2.24. The summed E-state index contributed by atoms with van der Waals surface area (Å²) in [5.41, 5.74) is 0. The first-order chi connectivity index (χ1) is 8.15. The number of rotatable bonds is 3. The van der Waals surface area contributed by atoms with Crippen LogP contribution in [0.25, 0.3) is 0 Å². The zero-order valence-electron chi connectivity index (χ0n) is 10.1. The van der Waals surface area contributed by atoms with Crippen molar-refractivity contribution in [2.45, 2.75) is 32.1 Å². The minimum absolute atomic E-state index is 0.207. The molecule has 1 aromatic rings. The Bertz CT molecular complexity index is 357. The first-order valence-corrected chi connectivity index (χ1v) is 6.27. The van der Waals surface area contributed by atoms with Gasteiger partial charge in [0.2, 0.25) is 0 Å². The van der Waals surface area contributed by atoms with E-state index in [0.29, 0.717) is 11.1 Å². The van der Waals surface area contributed by atoms with Crippen molar-refractivity contribution in [1.29, 1.82) is 0 Å². The monoisotopic (exact) mass is 255 g/mol. The van der Waals surface area contributed by atoms with Crippen molar-refractivity contribution in [2.24, 2.45) is 0 Å². The van der Waals surface area contributed by atoms with Gasteiger partial charge < -0.3 is 15.4 Å². The smallest absolute Gasteiger partial charge is 0.126 e. The van der Waals surface area contributed by atoms with Crippen LogP contribution in [0.1, 0.15) is 13.8 Å². The molecule has 17 heavy (non-hydrogen) atoms. The molecule has 0 amide bonds. The molecule has 3 atom stereocenters. The molecule has 0 saturated carbocycles. The van der Waals surface area contributed by atoms with E-state index in [2.05, 4.69) is 29.5 Å². The molecule has 0 aliphatic carbocycles. The van der Waals surface area contributed by atoms with Crippen LogP contribution in [0.3, 0.4) is 0 Å². The average molecular weight is 256 g/mol. The summed E-state index contributed by atoms with van der Waals surface area (Å²) < 4.78 is 5.76. The maximum absolute atomic E-state index is 5.78. The van der Waals surface area contributed by atoms with Gasteiger partial charge in [0, 0.05) is 19.3 Å². The number of nitrogens with one attached hydrogen (secondary N) is 2. The molecule has 0 spiro atoms. The maximum Gasteiger partial charge on any atom is 0.126 e. The molecule has 94 valence electrons. The molecule has 2 N–H and O–H groups in total. The summed E-state index contributed by atoms with van der Waals surface area (Å²) in [6.07, 6.45) is 2.13. The Hall–Kier alpha value is -0.840. The summed E-state index contributed by atoms with van der Waals surface area (Å²) in [5, 5.41) is 7.38. The highest BCUT2D eigenvalue weighted by atomic mass is 35.5. The maximum atomic E-state index is 5.78. The minimum atomic E-state index is 0.207. The van der Waals surface area contributed by atoms with E-state index in [1.54, 1.807) is 6.20 Å². The molecule has 0 bridgehead atoms. The Morgan fingerprint density at radius 1 is 1.53 bits per heavy atom. The van der Waals surface area contributed by atoms with E-state index >= 15 is 0 Å². The third-order valence-corrected chi connectivity index (χ3v) is 3.14. The summed E-state index contributed by atoms with van der Waals surface area (Å²) in [7, 11) is 0. The predicted molar refractivity (Wildman–Crippen MR) is 69.5 cm³/mol. The Morgan fingerprint density at radius 2 is 2.35 bits per heavy atom. The Labute approximate surface area is 107 Å². The summed E-state index contributed by atoms with van der Waals surface area (Å²) in [6.45, 7) is 5.85. The van der Waals surface area contributed by atoms with Crippen molar-refractivity contribution in [1.82, 2.24) is 10.3 Å². The van der Waals surface area contributed by atoms with Crippen LogP contribution >= 0.6 is 11.6 Å². The van der Waals surface area contributed by atoms with Gasteiger partial charge in [0.25, 0.3) is 0 Å². The van der Waals surface area contributed by atoms with E-state index < -0.39 is 0 Å². The van der Waals surface area contributed by atoms with E-state index in [-0.39, 0.29) is 12.2 Å². The SMILES string of the molecule is C[C@@H]1O[C@@H](C)CN[C@@H]1CNc1ccc(Cl)cn1. The van der Waals surface area contributed by atoms with Gasteiger partial charge in [0.15, 0.2) is 0 Å². The number of aromatic nitrogens is 1. The van der Waals surface area contributed by atoms with Crippen molar-refractivity contribution >= 4 is 17.4 Å². The van der Waals surface area contributed by atoms with Gasteiger partial charge in [-0.25, -0.2) is 4.98 Å². The van der Waals surface area contributed by atoms with Crippen LogP contribution in [0, 0.1) is 0 Å². The van der Waals surface area contributed by atoms with E-state index in [9.17, 15) is 0 Å². The number of hydrogen-bond acceptors (Lipinski definition) is 4. The van der Waals surface area contributed by atoms with Gasteiger partial charge in [-0.05, 0) is 26.0 Å². The normalized spacial score (nSPS) is 29.0. The molecular weight excluding hydrogens is 238 g/mol. The molecule has 1 aromatic heterocycles. The standard InChI is InChI=1S/C12H18ClN3O/c1-8-5-14-11(9(2)17-8)7-16-12-4-3-10(13)6-15-12/h3-4,6,8-9,11,14H,5,7H2,1-2H3,(H,15,16)/t8-,9-,11+/m0/s1. The third-order valence-electron chi connectivity index (χ3n) is 2.91. The second-order valence-electron chi connectivity index (χ2n) is 4.41.